The van der Waals surface area contributed by atoms with Gasteiger partial charge in [-0.05, 0) is 19.1 Å². The smallest absolute Gasteiger partial charge is 0.171 e. The van der Waals surface area contributed by atoms with Crippen molar-refractivity contribution < 1.29 is 19.4 Å². The second-order valence-electron chi connectivity index (χ2n) is 3.15. The van der Waals surface area contributed by atoms with Crippen LogP contribution in [0.15, 0.2) is 18.2 Å². The van der Waals surface area contributed by atoms with Crippen LogP contribution in [0.4, 0.5) is 0 Å². The molecule has 0 heterocycles. The van der Waals surface area contributed by atoms with Gasteiger partial charge in [0.2, 0.25) is 0 Å². The molecule has 0 atom stereocenters. The van der Waals surface area contributed by atoms with E-state index in [1.807, 2.05) is 6.92 Å². The van der Waals surface area contributed by atoms with E-state index >= 15 is 0 Å². The summed E-state index contributed by atoms with van der Waals surface area (Å²) in [6.45, 7) is 2.80. The van der Waals surface area contributed by atoms with E-state index in [1.165, 1.54) is 0 Å². The van der Waals surface area contributed by atoms with E-state index in [1.54, 1.807) is 18.2 Å². The molecule has 0 aliphatic heterocycles. The molecule has 0 fully saturated rings. The van der Waals surface area contributed by atoms with E-state index in [0.29, 0.717) is 36.7 Å². The largest absolute Gasteiger partial charge is 0.490 e. The summed E-state index contributed by atoms with van der Waals surface area (Å²) in [7, 11) is 0. The molecule has 1 rings (SSSR count). The fourth-order valence-corrected chi connectivity index (χ4v) is 1.29. The Morgan fingerprint density at radius 2 is 2.19 bits per heavy atom. The molecule has 0 aliphatic rings. The van der Waals surface area contributed by atoms with Gasteiger partial charge in [0, 0.05) is 13.0 Å². The molecule has 0 bridgehead atoms. The summed E-state index contributed by atoms with van der Waals surface area (Å²) >= 11 is 0. The first kappa shape index (κ1) is 12.5. The number of para-hydroxylation sites is 1. The molecule has 16 heavy (non-hydrogen) atoms. The van der Waals surface area contributed by atoms with E-state index in [-0.39, 0.29) is 6.61 Å². The third-order valence-corrected chi connectivity index (χ3v) is 1.99. The Morgan fingerprint density at radius 1 is 1.38 bits per heavy atom. The summed E-state index contributed by atoms with van der Waals surface area (Å²) in [5.41, 5.74) is 0.462. The maximum absolute atomic E-state index is 10.8. The van der Waals surface area contributed by atoms with Crippen molar-refractivity contribution in [3.63, 3.8) is 0 Å². The average Bonchev–Trinajstić information content (AvgIpc) is 2.31. The number of carbonyl (C=O) groups excluding carboxylic acids is 1. The van der Waals surface area contributed by atoms with Gasteiger partial charge >= 0.3 is 0 Å². The van der Waals surface area contributed by atoms with Crippen LogP contribution >= 0.6 is 0 Å². The Hall–Kier alpha value is -1.55. The molecule has 0 spiro atoms. The third-order valence-electron chi connectivity index (χ3n) is 1.99. The van der Waals surface area contributed by atoms with Crippen molar-refractivity contribution in [3.8, 4) is 11.5 Å². The molecular formula is C12H16O4. The summed E-state index contributed by atoms with van der Waals surface area (Å²) in [5.74, 6) is 1.01. The Morgan fingerprint density at radius 3 is 2.81 bits per heavy atom. The van der Waals surface area contributed by atoms with Crippen LogP contribution in [0.3, 0.4) is 0 Å². The van der Waals surface area contributed by atoms with Crippen LogP contribution in [-0.2, 0) is 0 Å². The molecule has 4 nitrogen and oxygen atoms in total. The Bertz CT molecular complexity index is 336. The lowest BCUT2D eigenvalue weighted by Crippen LogP contribution is -2.04. The van der Waals surface area contributed by atoms with E-state index < -0.39 is 0 Å². The fourth-order valence-electron chi connectivity index (χ4n) is 1.29. The zero-order valence-electron chi connectivity index (χ0n) is 9.31. The standard InChI is InChI=1S/C12H16O4/c1-2-15-11-6-3-5-10(9-14)12(11)16-8-4-7-13/h3,5-6,9,13H,2,4,7-8H2,1H3. The van der Waals surface area contributed by atoms with E-state index in [0.717, 1.165) is 6.29 Å². The topological polar surface area (TPSA) is 55.8 Å². The van der Waals surface area contributed by atoms with Crippen molar-refractivity contribution in [2.24, 2.45) is 0 Å². The SMILES string of the molecule is CCOc1cccc(C=O)c1OCCCO. The average molecular weight is 224 g/mol. The number of carbonyl (C=O) groups is 1. The van der Waals surface area contributed by atoms with Crippen molar-refractivity contribution in [3.05, 3.63) is 23.8 Å². The number of hydrogen-bond donors (Lipinski definition) is 1. The highest BCUT2D eigenvalue weighted by molar-refractivity contribution is 5.81. The Labute approximate surface area is 94.8 Å². The molecule has 0 unspecified atom stereocenters. The predicted molar refractivity (Wildman–Crippen MR) is 60.2 cm³/mol. The molecular weight excluding hydrogens is 208 g/mol. The van der Waals surface area contributed by atoms with Crippen LogP contribution in [0.1, 0.15) is 23.7 Å². The van der Waals surface area contributed by atoms with Crippen molar-refractivity contribution in [2.45, 2.75) is 13.3 Å². The van der Waals surface area contributed by atoms with Gasteiger partial charge in [0.25, 0.3) is 0 Å². The zero-order valence-corrected chi connectivity index (χ0v) is 9.31. The van der Waals surface area contributed by atoms with Crippen LogP contribution in [0.2, 0.25) is 0 Å². The van der Waals surface area contributed by atoms with E-state index in [9.17, 15) is 4.79 Å². The lowest BCUT2D eigenvalue weighted by molar-refractivity contribution is 0.111. The summed E-state index contributed by atoms with van der Waals surface area (Å²) in [4.78, 5) is 10.8. The molecule has 1 aromatic carbocycles. The van der Waals surface area contributed by atoms with Crippen molar-refractivity contribution in [1.82, 2.24) is 0 Å². The minimum atomic E-state index is 0.0627. The number of rotatable bonds is 7. The molecule has 1 N–H and O–H groups in total. The van der Waals surface area contributed by atoms with Gasteiger partial charge in [-0.2, -0.15) is 0 Å². The van der Waals surface area contributed by atoms with Gasteiger partial charge in [0.15, 0.2) is 17.8 Å². The number of hydrogen-bond acceptors (Lipinski definition) is 4. The molecule has 0 aromatic heterocycles. The summed E-state index contributed by atoms with van der Waals surface area (Å²) in [6.07, 6.45) is 1.26. The van der Waals surface area contributed by atoms with Gasteiger partial charge in [-0.15, -0.1) is 0 Å². The van der Waals surface area contributed by atoms with Gasteiger partial charge in [-0.3, -0.25) is 4.79 Å². The van der Waals surface area contributed by atoms with Gasteiger partial charge in [0.1, 0.15) is 0 Å². The molecule has 4 heteroatoms. The first-order valence-corrected chi connectivity index (χ1v) is 5.28. The fraction of sp³-hybridized carbons (Fsp3) is 0.417. The number of ether oxygens (including phenoxy) is 2. The first-order valence-electron chi connectivity index (χ1n) is 5.28. The second-order valence-corrected chi connectivity index (χ2v) is 3.15. The van der Waals surface area contributed by atoms with Gasteiger partial charge in [-0.1, -0.05) is 6.07 Å². The maximum Gasteiger partial charge on any atom is 0.171 e. The highest BCUT2D eigenvalue weighted by Crippen LogP contribution is 2.30. The Kier molecular flexibility index (Phi) is 5.36. The molecule has 0 radical (unpaired) electrons. The minimum absolute atomic E-state index is 0.0627. The zero-order chi connectivity index (χ0) is 11.8. The Balaban J connectivity index is 2.85. The molecule has 88 valence electrons. The summed E-state index contributed by atoms with van der Waals surface area (Å²) in [6, 6.07) is 5.17. The van der Waals surface area contributed by atoms with E-state index in [4.69, 9.17) is 14.6 Å². The number of aliphatic hydroxyl groups is 1. The normalized spacial score (nSPS) is 9.88. The lowest BCUT2D eigenvalue weighted by atomic mass is 10.2. The molecule has 1 aromatic rings. The molecule has 0 saturated heterocycles. The third kappa shape index (κ3) is 3.24. The monoisotopic (exact) mass is 224 g/mol. The van der Waals surface area contributed by atoms with Crippen LogP contribution in [-0.4, -0.2) is 31.2 Å². The summed E-state index contributed by atoms with van der Waals surface area (Å²) in [5, 5.41) is 8.66. The van der Waals surface area contributed by atoms with E-state index in [2.05, 4.69) is 0 Å². The second kappa shape index (κ2) is 6.85. The highest BCUT2D eigenvalue weighted by Gasteiger charge is 2.09. The maximum atomic E-state index is 10.8. The number of aliphatic hydroxyl groups excluding tert-OH is 1. The van der Waals surface area contributed by atoms with Crippen LogP contribution in [0.25, 0.3) is 0 Å². The molecule has 0 aliphatic carbocycles. The molecule has 0 saturated carbocycles. The van der Waals surface area contributed by atoms with Crippen molar-refractivity contribution in [1.29, 1.82) is 0 Å². The first-order chi connectivity index (χ1) is 7.83. The number of aldehydes is 1. The minimum Gasteiger partial charge on any atom is -0.490 e. The predicted octanol–water partition coefficient (Wildman–Crippen LogP) is 1.66. The van der Waals surface area contributed by atoms with Gasteiger partial charge in [-0.25, -0.2) is 0 Å². The van der Waals surface area contributed by atoms with Crippen LogP contribution in [0.5, 0.6) is 11.5 Å². The number of benzene rings is 1. The van der Waals surface area contributed by atoms with Gasteiger partial charge in [0.05, 0.1) is 18.8 Å². The molecule has 0 amide bonds. The van der Waals surface area contributed by atoms with Crippen LogP contribution < -0.4 is 9.47 Å². The summed E-state index contributed by atoms with van der Waals surface area (Å²) < 4.78 is 10.8. The quantitative estimate of drug-likeness (QED) is 0.565. The highest BCUT2D eigenvalue weighted by atomic mass is 16.5. The van der Waals surface area contributed by atoms with Crippen molar-refractivity contribution in [2.75, 3.05) is 19.8 Å². The van der Waals surface area contributed by atoms with Gasteiger partial charge < -0.3 is 14.6 Å². The van der Waals surface area contributed by atoms with Crippen molar-refractivity contribution >= 4 is 6.29 Å². The van der Waals surface area contributed by atoms with Crippen LogP contribution in [0, 0.1) is 0 Å². The lowest BCUT2D eigenvalue weighted by Gasteiger charge is -2.13.